The van der Waals surface area contributed by atoms with Crippen molar-refractivity contribution >= 4 is 29.1 Å². The number of halogens is 1. The van der Waals surface area contributed by atoms with Crippen LogP contribution in [0, 0.1) is 5.92 Å². The average Bonchev–Trinajstić information content (AvgIpc) is 2.49. The molecule has 0 spiro atoms. The molecule has 5 nitrogen and oxygen atoms in total. The maximum atomic E-state index is 12.4. The van der Waals surface area contributed by atoms with E-state index >= 15 is 0 Å². The van der Waals surface area contributed by atoms with Crippen LogP contribution in [0.2, 0.25) is 5.02 Å². The first kappa shape index (κ1) is 17.8. The number of nitrogens with one attached hydrogen (secondary N) is 3. The van der Waals surface area contributed by atoms with Crippen molar-refractivity contribution in [3.8, 4) is 0 Å². The Morgan fingerprint density at radius 3 is 2.65 bits per heavy atom. The fourth-order valence-corrected chi connectivity index (χ4v) is 2.79. The Labute approximate surface area is 142 Å². The summed E-state index contributed by atoms with van der Waals surface area (Å²) < 4.78 is 0. The Bertz CT molecular complexity index is 569. The lowest BCUT2D eigenvalue weighted by Gasteiger charge is -2.24. The lowest BCUT2D eigenvalue weighted by molar-refractivity contribution is -0.116. The first-order valence-corrected chi connectivity index (χ1v) is 8.44. The minimum Gasteiger partial charge on any atom is -0.349 e. The van der Waals surface area contributed by atoms with Crippen molar-refractivity contribution in [2.24, 2.45) is 5.92 Å². The molecule has 0 bridgehead atoms. The predicted molar refractivity (Wildman–Crippen MR) is 92.9 cm³/mol. The minimum absolute atomic E-state index is 0.0629. The summed E-state index contributed by atoms with van der Waals surface area (Å²) >= 11 is 6.14. The van der Waals surface area contributed by atoms with Crippen molar-refractivity contribution in [2.45, 2.75) is 39.2 Å². The lowest BCUT2D eigenvalue weighted by atomic mass is 10.1. The smallest absolute Gasteiger partial charge is 0.253 e. The Kier molecular flexibility index (Phi) is 6.42. The van der Waals surface area contributed by atoms with Crippen molar-refractivity contribution in [3.05, 3.63) is 28.8 Å². The van der Waals surface area contributed by atoms with Crippen molar-refractivity contribution in [1.82, 2.24) is 10.6 Å². The van der Waals surface area contributed by atoms with E-state index < -0.39 is 0 Å². The van der Waals surface area contributed by atoms with E-state index in [9.17, 15) is 9.59 Å². The number of carbonyl (C=O) groups is 2. The Balaban J connectivity index is 2.04. The van der Waals surface area contributed by atoms with Gasteiger partial charge in [-0.1, -0.05) is 25.4 Å². The molecule has 2 rings (SSSR count). The summed E-state index contributed by atoms with van der Waals surface area (Å²) in [5.41, 5.74) is 0.989. The first-order valence-electron chi connectivity index (χ1n) is 8.06. The number of carbonyl (C=O) groups excluding carboxylic acids is 2. The minimum atomic E-state index is -0.193. The van der Waals surface area contributed by atoms with Gasteiger partial charge >= 0.3 is 0 Å². The maximum Gasteiger partial charge on any atom is 0.253 e. The molecule has 1 aliphatic heterocycles. The molecule has 3 N–H and O–H groups in total. The summed E-state index contributed by atoms with van der Waals surface area (Å²) in [5, 5.41) is 9.47. The highest BCUT2D eigenvalue weighted by molar-refractivity contribution is 6.34. The second-order valence-corrected chi connectivity index (χ2v) is 6.75. The molecule has 23 heavy (non-hydrogen) atoms. The number of benzene rings is 1. The molecule has 1 heterocycles. The van der Waals surface area contributed by atoms with E-state index in [1.54, 1.807) is 18.2 Å². The van der Waals surface area contributed by atoms with Gasteiger partial charge in [-0.3, -0.25) is 9.59 Å². The van der Waals surface area contributed by atoms with Crippen LogP contribution in [0.25, 0.3) is 0 Å². The largest absolute Gasteiger partial charge is 0.349 e. The van der Waals surface area contributed by atoms with E-state index in [0.717, 1.165) is 25.9 Å². The van der Waals surface area contributed by atoms with Gasteiger partial charge in [0, 0.05) is 18.2 Å². The van der Waals surface area contributed by atoms with Gasteiger partial charge in [-0.05, 0) is 50.0 Å². The molecule has 1 aromatic rings. The fourth-order valence-electron chi connectivity index (χ4n) is 2.59. The van der Waals surface area contributed by atoms with Crippen LogP contribution in [0.15, 0.2) is 18.2 Å². The van der Waals surface area contributed by atoms with Crippen LogP contribution < -0.4 is 16.0 Å². The SMILES string of the molecule is CC(C)CC(=O)Nc1ccc(Cl)c(C(=O)NC2CCNCC2)c1. The highest BCUT2D eigenvalue weighted by atomic mass is 35.5. The van der Waals surface area contributed by atoms with E-state index in [2.05, 4.69) is 16.0 Å². The number of piperidine rings is 1. The molecule has 1 saturated heterocycles. The molecule has 2 amide bonds. The third-order valence-corrected chi connectivity index (χ3v) is 4.09. The number of rotatable bonds is 5. The third kappa shape index (κ3) is 5.52. The summed E-state index contributed by atoms with van der Waals surface area (Å²) in [6.07, 6.45) is 2.27. The van der Waals surface area contributed by atoms with E-state index in [1.807, 2.05) is 13.8 Å². The second kappa shape index (κ2) is 8.31. The van der Waals surface area contributed by atoms with Crippen LogP contribution in [-0.4, -0.2) is 30.9 Å². The molecule has 1 aliphatic rings. The fraction of sp³-hybridized carbons (Fsp3) is 0.529. The van der Waals surface area contributed by atoms with Crippen molar-refractivity contribution in [1.29, 1.82) is 0 Å². The van der Waals surface area contributed by atoms with Gasteiger partial charge in [0.2, 0.25) is 5.91 Å². The summed E-state index contributed by atoms with van der Waals surface area (Å²) in [5.74, 6) is 0.0267. The quantitative estimate of drug-likeness (QED) is 0.773. The van der Waals surface area contributed by atoms with Crippen LogP contribution in [-0.2, 0) is 4.79 Å². The van der Waals surface area contributed by atoms with E-state index in [1.165, 1.54) is 0 Å². The highest BCUT2D eigenvalue weighted by Crippen LogP contribution is 2.21. The molecule has 1 fully saturated rings. The highest BCUT2D eigenvalue weighted by Gasteiger charge is 2.18. The monoisotopic (exact) mass is 337 g/mol. The van der Waals surface area contributed by atoms with Crippen molar-refractivity contribution in [3.63, 3.8) is 0 Å². The predicted octanol–water partition coefficient (Wildman–Crippen LogP) is 2.81. The summed E-state index contributed by atoms with van der Waals surface area (Å²) in [7, 11) is 0. The lowest BCUT2D eigenvalue weighted by Crippen LogP contribution is -2.42. The second-order valence-electron chi connectivity index (χ2n) is 6.34. The van der Waals surface area contributed by atoms with E-state index in [-0.39, 0.29) is 23.8 Å². The number of hydrogen-bond acceptors (Lipinski definition) is 3. The summed E-state index contributed by atoms with van der Waals surface area (Å²) in [6.45, 7) is 5.78. The maximum absolute atomic E-state index is 12.4. The average molecular weight is 338 g/mol. The summed E-state index contributed by atoms with van der Waals surface area (Å²) in [6, 6.07) is 5.15. The molecule has 0 aromatic heterocycles. The van der Waals surface area contributed by atoms with Gasteiger partial charge in [-0.15, -0.1) is 0 Å². The van der Waals surface area contributed by atoms with Gasteiger partial charge in [-0.2, -0.15) is 0 Å². The van der Waals surface area contributed by atoms with E-state index in [4.69, 9.17) is 11.6 Å². The summed E-state index contributed by atoms with van der Waals surface area (Å²) in [4.78, 5) is 24.3. The van der Waals surface area contributed by atoms with Crippen LogP contribution in [0.4, 0.5) is 5.69 Å². The molecule has 1 aromatic carbocycles. The normalized spacial score (nSPS) is 15.5. The van der Waals surface area contributed by atoms with Gasteiger partial charge in [0.05, 0.1) is 10.6 Å². The molecule has 126 valence electrons. The molecule has 6 heteroatoms. The van der Waals surface area contributed by atoms with E-state index in [0.29, 0.717) is 22.7 Å². The Morgan fingerprint density at radius 2 is 2.00 bits per heavy atom. The molecule has 0 unspecified atom stereocenters. The topological polar surface area (TPSA) is 70.2 Å². The van der Waals surface area contributed by atoms with Crippen LogP contribution in [0.3, 0.4) is 0 Å². The molecule has 0 radical (unpaired) electrons. The molecule has 0 aliphatic carbocycles. The molecular weight excluding hydrogens is 314 g/mol. The zero-order valence-corrected chi connectivity index (χ0v) is 14.4. The van der Waals surface area contributed by atoms with Crippen LogP contribution in [0.1, 0.15) is 43.5 Å². The van der Waals surface area contributed by atoms with Crippen molar-refractivity contribution in [2.75, 3.05) is 18.4 Å². The molecule has 0 saturated carbocycles. The van der Waals surface area contributed by atoms with Crippen molar-refractivity contribution < 1.29 is 9.59 Å². The first-order chi connectivity index (χ1) is 11.0. The standard InChI is InChI=1S/C17H24ClN3O2/c1-11(2)9-16(22)20-13-3-4-15(18)14(10-13)17(23)21-12-5-7-19-8-6-12/h3-4,10-12,19H,5-9H2,1-2H3,(H,20,22)(H,21,23). The van der Waals surface area contributed by atoms with Gasteiger partial charge < -0.3 is 16.0 Å². The van der Waals surface area contributed by atoms with Crippen LogP contribution in [0.5, 0.6) is 0 Å². The van der Waals surface area contributed by atoms with Gasteiger partial charge in [-0.25, -0.2) is 0 Å². The van der Waals surface area contributed by atoms with Gasteiger partial charge in [0.25, 0.3) is 5.91 Å². The molecule has 0 atom stereocenters. The Hall–Kier alpha value is -1.59. The zero-order valence-electron chi connectivity index (χ0n) is 13.6. The van der Waals surface area contributed by atoms with Gasteiger partial charge in [0.1, 0.15) is 0 Å². The zero-order chi connectivity index (χ0) is 16.8. The van der Waals surface area contributed by atoms with Crippen LogP contribution >= 0.6 is 11.6 Å². The number of amides is 2. The molecular formula is C17H24ClN3O2. The third-order valence-electron chi connectivity index (χ3n) is 3.76. The number of anilines is 1. The Morgan fingerprint density at radius 1 is 1.30 bits per heavy atom. The number of hydrogen-bond donors (Lipinski definition) is 3. The van der Waals surface area contributed by atoms with Gasteiger partial charge in [0.15, 0.2) is 0 Å².